The zero-order valence-electron chi connectivity index (χ0n) is 9.41. The fourth-order valence-electron chi connectivity index (χ4n) is 2.98. The van der Waals surface area contributed by atoms with E-state index in [2.05, 4.69) is 10.1 Å². The Bertz CT molecular complexity index is 229. The summed E-state index contributed by atoms with van der Waals surface area (Å²) in [6, 6.07) is 0. The summed E-state index contributed by atoms with van der Waals surface area (Å²) in [6.45, 7) is 0.680. The molecular weight excluding hydrogens is 212 g/mol. The maximum Gasteiger partial charge on any atom is 0.346 e. The van der Waals surface area contributed by atoms with Crippen LogP contribution in [0.15, 0.2) is 0 Å². The second-order valence-corrected chi connectivity index (χ2v) is 5.19. The Morgan fingerprint density at radius 2 is 1.38 bits per heavy atom. The van der Waals surface area contributed by atoms with E-state index in [4.69, 9.17) is 14.5 Å². The Morgan fingerprint density at radius 1 is 0.688 bits per heavy atom. The van der Waals surface area contributed by atoms with Crippen molar-refractivity contribution in [3.8, 4) is 0 Å². The van der Waals surface area contributed by atoms with E-state index in [-0.39, 0.29) is 0 Å². The number of rotatable bonds is 0. The average molecular weight is 230 g/mol. The third-order valence-corrected chi connectivity index (χ3v) is 4.07. The van der Waals surface area contributed by atoms with Crippen molar-refractivity contribution >= 4 is 0 Å². The van der Waals surface area contributed by atoms with Crippen molar-refractivity contribution in [3.05, 3.63) is 0 Å². The van der Waals surface area contributed by atoms with Crippen molar-refractivity contribution in [2.75, 3.05) is 6.61 Å². The van der Waals surface area contributed by atoms with E-state index < -0.39 is 5.97 Å². The molecule has 2 heterocycles. The number of ether oxygens (including phenoxy) is 1. The molecule has 0 N–H and O–H groups in total. The van der Waals surface area contributed by atoms with Gasteiger partial charge in [-0.3, -0.25) is 0 Å². The molecule has 0 amide bonds. The second-order valence-electron chi connectivity index (χ2n) is 5.19. The highest BCUT2D eigenvalue weighted by atomic mass is 17.7. The Morgan fingerprint density at radius 3 is 1.94 bits per heavy atom. The van der Waals surface area contributed by atoms with Gasteiger partial charge < -0.3 is 4.74 Å². The fraction of sp³-hybridized carbons (Fsp3) is 1.00. The van der Waals surface area contributed by atoms with Crippen molar-refractivity contribution in [3.63, 3.8) is 0 Å². The molecule has 3 aliphatic rings. The third-order valence-electron chi connectivity index (χ3n) is 4.07. The summed E-state index contributed by atoms with van der Waals surface area (Å²) in [5.41, 5.74) is 0.330. The zero-order chi connectivity index (χ0) is 10.9. The molecule has 92 valence electrons. The average Bonchev–Trinajstić information content (AvgIpc) is 2.65. The monoisotopic (exact) mass is 230 g/mol. The molecular formula is C11H18O5. The Labute approximate surface area is 94.7 Å². The Balaban J connectivity index is 1.63. The summed E-state index contributed by atoms with van der Waals surface area (Å²) in [5, 5.41) is 8.58. The predicted octanol–water partition coefficient (Wildman–Crippen LogP) is 2.62. The van der Waals surface area contributed by atoms with Gasteiger partial charge in [0.1, 0.15) is 0 Å². The van der Waals surface area contributed by atoms with Gasteiger partial charge in [-0.2, -0.15) is 0 Å². The van der Waals surface area contributed by atoms with Crippen LogP contribution in [0.5, 0.6) is 0 Å². The lowest BCUT2D eigenvalue weighted by Gasteiger charge is -2.40. The molecule has 16 heavy (non-hydrogen) atoms. The molecule has 0 radical (unpaired) electrons. The van der Waals surface area contributed by atoms with Gasteiger partial charge in [0.15, 0.2) is 0 Å². The van der Waals surface area contributed by atoms with Crippen molar-refractivity contribution in [1.29, 1.82) is 0 Å². The molecule has 0 atom stereocenters. The van der Waals surface area contributed by atoms with Crippen LogP contribution in [-0.4, -0.2) is 12.6 Å². The van der Waals surface area contributed by atoms with Crippen LogP contribution in [0.4, 0.5) is 0 Å². The molecule has 5 nitrogen and oxygen atoms in total. The highest BCUT2D eigenvalue weighted by Gasteiger charge is 2.50. The van der Waals surface area contributed by atoms with E-state index in [1.54, 1.807) is 0 Å². The van der Waals surface area contributed by atoms with E-state index >= 15 is 0 Å². The lowest BCUT2D eigenvalue weighted by atomic mass is 9.75. The Kier molecular flexibility index (Phi) is 2.89. The molecule has 3 rings (SSSR count). The summed E-state index contributed by atoms with van der Waals surface area (Å²) in [6.07, 6.45) is 9.57. The molecule has 0 aromatic rings. The van der Waals surface area contributed by atoms with E-state index in [1.165, 1.54) is 38.5 Å². The minimum Gasteiger partial charge on any atom is -0.323 e. The minimum atomic E-state index is -1.10. The second kappa shape index (κ2) is 4.23. The first-order chi connectivity index (χ1) is 7.83. The van der Waals surface area contributed by atoms with E-state index in [0.29, 0.717) is 18.4 Å². The van der Waals surface area contributed by atoms with E-state index in [1.807, 2.05) is 0 Å². The largest absolute Gasteiger partial charge is 0.346 e. The molecule has 0 unspecified atom stereocenters. The maximum absolute atomic E-state index is 5.68. The highest BCUT2D eigenvalue weighted by molar-refractivity contribution is 4.86. The van der Waals surface area contributed by atoms with Gasteiger partial charge in [0.05, 0.1) is 6.61 Å². The van der Waals surface area contributed by atoms with Gasteiger partial charge in [0.2, 0.25) is 0 Å². The molecule has 0 aromatic heterocycles. The molecule has 3 fully saturated rings. The lowest BCUT2D eigenvalue weighted by Crippen LogP contribution is -2.45. The van der Waals surface area contributed by atoms with Crippen molar-refractivity contribution < 1.29 is 24.6 Å². The van der Waals surface area contributed by atoms with Crippen LogP contribution >= 0.6 is 0 Å². The van der Waals surface area contributed by atoms with Gasteiger partial charge in [0.25, 0.3) is 0 Å². The molecule has 0 bridgehead atoms. The number of hydrogen-bond acceptors (Lipinski definition) is 5. The van der Waals surface area contributed by atoms with Crippen molar-refractivity contribution in [2.45, 2.75) is 57.3 Å². The summed E-state index contributed by atoms with van der Waals surface area (Å²) in [5.74, 6) is -1.10. The summed E-state index contributed by atoms with van der Waals surface area (Å²) in [4.78, 5) is 9.76. The van der Waals surface area contributed by atoms with Crippen LogP contribution in [0.2, 0.25) is 0 Å². The molecule has 1 saturated carbocycles. The number of hydrogen-bond donors (Lipinski definition) is 0. The van der Waals surface area contributed by atoms with E-state index in [0.717, 1.165) is 6.42 Å². The smallest absolute Gasteiger partial charge is 0.323 e. The normalized spacial score (nSPS) is 33.0. The van der Waals surface area contributed by atoms with Crippen molar-refractivity contribution in [2.24, 2.45) is 5.41 Å². The first-order valence-corrected chi connectivity index (χ1v) is 6.17. The highest BCUT2D eigenvalue weighted by Crippen LogP contribution is 2.47. The molecule has 1 aliphatic carbocycles. The van der Waals surface area contributed by atoms with Crippen LogP contribution in [0, 0.1) is 5.41 Å². The molecule has 5 heteroatoms. The van der Waals surface area contributed by atoms with Gasteiger partial charge >= 0.3 is 5.97 Å². The summed E-state index contributed by atoms with van der Waals surface area (Å²) >= 11 is 0. The van der Waals surface area contributed by atoms with Gasteiger partial charge in [-0.15, -0.1) is 9.78 Å². The lowest BCUT2D eigenvalue weighted by molar-refractivity contribution is -0.532. The predicted molar refractivity (Wildman–Crippen MR) is 52.4 cm³/mol. The van der Waals surface area contributed by atoms with Crippen LogP contribution in [0.1, 0.15) is 51.4 Å². The standard InChI is InChI=1S/C11H18O5/c1-2-4-6-10(5-3-1)7-8-11(12-9-10)13-15-16-14-11/h1-9H2. The topological polar surface area (TPSA) is 46.2 Å². The fourth-order valence-corrected chi connectivity index (χ4v) is 2.98. The van der Waals surface area contributed by atoms with Gasteiger partial charge in [-0.25, -0.2) is 0 Å². The van der Waals surface area contributed by atoms with Crippen LogP contribution < -0.4 is 0 Å². The first kappa shape index (κ1) is 10.9. The van der Waals surface area contributed by atoms with Crippen LogP contribution in [-0.2, 0) is 24.6 Å². The molecule has 2 spiro atoms. The van der Waals surface area contributed by atoms with Crippen LogP contribution in [0.25, 0.3) is 0 Å². The first-order valence-electron chi connectivity index (χ1n) is 6.17. The van der Waals surface area contributed by atoms with Crippen LogP contribution in [0.3, 0.4) is 0 Å². The van der Waals surface area contributed by atoms with E-state index in [9.17, 15) is 0 Å². The van der Waals surface area contributed by atoms with Gasteiger partial charge in [-0.1, -0.05) is 25.7 Å². The molecule has 0 aromatic carbocycles. The van der Waals surface area contributed by atoms with Gasteiger partial charge in [0, 0.05) is 6.42 Å². The quantitative estimate of drug-likeness (QED) is 0.598. The van der Waals surface area contributed by atoms with Crippen molar-refractivity contribution in [1.82, 2.24) is 0 Å². The Hall–Kier alpha value is -0.200. The third kappa shape index (κ3) is 1.98. The summed E-state index contributed by atoms with van der Waals surface area (Å²) in [7, 11) is 0. The molecule has 2 saturated heterocycles. The SMILES string of the molecule is C1CCCC2(CC1)CCC1(OC2)OOOO1. The molecule has 2 aliphatic heterocycles. The zero-order valence-corrected chi connectivity index (χ0v) is 9.41. The summed E-state index contributed by atoms with van der Waals surface area (Å²) < 4.78 is 5.68. The maximum atomic E-state index is 5.68. The van der Waals surface area contributed by atoms with Gasteiger partial charge in [-0.05, 0) is 34.8 Å². The minimum absolute atomic E-state index is 0.330.